The molecule has 2 N–H and O–H groups in total. The van der Waals surface area contributed by atoms with Crippen LogP contribution in [0, 0.1) is 0 Å². The third kappa shape index (κ3) is 3.89. The minimum atomic E-state index is 0.0347. The van der Waals surface area contributed by atoms with E-state index in [1.807, 2.05) is 12.1 Å². The van der Waals surface area contributed by atoms with Gasteiger partial charge in [-0.05, 0) is 40.0 Å². The fourth-order valence-electron chi connectivity index (χ4n) is 1.88. The van der Waals surface area contributed by atoms with E-state index in [9.17, 15) is 0 Å². The highest BCUT2D eigenvalue weighted by Gasteiger charge is 2.14. The van der Waals surface area contributed by atoms with E-state index >= 15 is 0 Å². The summed E-state index contributed by atoms with van der Waals surface area (Å²) in [7, 11) is 3.29. The molecule has 0 aliphatic carbocycles. The maximum absolute atomic E-state index is 6.21. The molecule has 0 heterocycles. The lowest BCUT2D eigenvalue weighted by molar-refractivity contribution is 0.387. The number of nitrogens with two attached hydrogens (primary N) is 1. The van der Waals surface area contributed by atoms with Crippen molar-refractivity contribution in [3.05, 3.63) is 22.2 Å². The molecule has 0 saturated heterocycles. The van der Waals surface area contributed by atoms with Gasteiger partial charge in [-0.1, -0.05) is 26.2 Å². The maximum Gasteiger partial charge on any atom is 0.137 e. The van der Waals surface area contributed by atoms with Crippen LogP contribution in [0.25, 0.3) is 0 Å². The zero-order valence-corrected chi connectivity index (χ0v) is 12.9. The van der Waals surface area contributed by atoms with Crippen molar-refractivity contribution in [2.75, 3.05) is 14.2 Å². The zero-order chi connectivity index (χ0) is 13.5. The van der Waals surface area contributed by atoms with Crippen molar-refractivity contribution in [2.24, 2.45) is 5.73 Å². The Hall–Kier alpha value is -0.740. The van der Waals surface area contributed by atoms with Crippen LogP contribution in [0.4, 0.5) is 0 Å². The molecule has 0 aliphatic rings. The van der Waals surface area contributed by atoms with Crippen LogP contribution >= 0.6 is 15.9 Å². The van der Waals surface area contributed by atoms with Crippen molar-refractivity contribution >= 4 is 15.9 Å². The minimum Gasteiger partial charge on any atom is -0.495 e. The molecule has 0 unspecified atom stereocenters. The average Bonchev–Trinajstić information content (AvgIpc) is 2.39. The van der Waals surface area contributed by atoms with Crippen LogP contribution in [-0.2, 0) is 0 Å². The fourth-order valence-corrected chi connectivity index (χ4v) is 2.44. The second-order valence-electron chi connectivity index (χ2n) is 4.34. The topological polar surface area (TPSA) is 44.5 Å². The number of hydrogen-bond acceptors (Lipinski definition) is 3. The largest absolute Gasteiger partial charge is 0.495 e. The van der Waals surface area contributed by atoms with Crippen LogP contribution in [0.15, 0.2) is 16.6 Å². The Labute approximate surface area is 118 Å². The molecule has 0 amide bonds. The van der Waals surface area contributed by atoms with Gasteiger partial charge in [0, 0.05) is 6.04 Å². The molecular weight excluding hydrogens is 294 g/mol. The van der Waals surface area contributed by atoms with Gasteiger partial charge in [0.1, 0.15) is 16.0 Å². The van der Waals surface area contributed by atoms with Crippen molar-refractivity contribution in [3.8, 4) is 11.5 Å². The van der Waals surface area contributed by atoms with E-state index in [0.717, 1.165) is 34.4 Å². The normalized spacial score (nSPS) is 12.3. The fraction of sp³-hybridized carbons (Fsp3) is 0.571. The van der Waals surface area contributed by atoms with Crippen LogP contribution < -0.4 is 15.2 Å². The molecule has 0 aliphatic heterocycles. The van der Waals surface area contributed by atoms with Gasteiger partial charge in [-0.25, -0.2) is 0 Å². The summed E-state index contributed by atoms with van der Waals surface area (Å²) in [6.07, 6.45) is 4.57. The van der Waals surface area contributed by atoms with Crippen LogP contribution in [0.5, 0.6) is 11.5 Å². The Kier molecular flexibility index (Phi) is 6.50. The standard InChI is InChI=1S/C14H22BrNO2/c1-4-5-6-7-11(16)10-8-12(17-2)14(15)13(9-10)18-3/h8-9,11H,4-7,16H2,1-3H3/t11-/m1/s1. The smallest absolute Gasteiger partial charge is 0.137 e. The number of ether oxygens (including phenoxy) is 2. The summed E-state index contributed by atoms with van der Waals surface area (Å²) in [4.78, 5) is 0. The molecule has 18 heavy (non-hydrogen) atoms. The summed E-state index contributed by atoms with van der Waals surface area (Å²) in [5, 5.41) is 0. The first kappa shape index (κ1) is 15.3. The van der Waals surface area contributed by atoms with Crippen LogP contribution in [-0.4, -0.2) is 14.2 Å². The molecule has 0 saturated carbocycles. The van der Waals surface area contributed by atoms with E-state index in [-0.39, 0.29) is 6.04 Å². The number of benzene rings is 1. The Bertz CT molecular complexity index is 357. The molecule has 1 aromatic carbocycles. The van der Waals surface area contributed by atoms with Gasteiger partial charge in [0.15, 0.2) is 0 Å². The van der Waals surface area contributed by atoms with Crippen molar-refractivity contribution in [2.45, 2.75) is 38.6 Å². The molecule has 3 nitrogen and oxygen atoms in total. The van der Waals surface area contributed by atoms with Gasteiger partial charge in [-0.2, -0.15) is 0 Å². The third-order valence-corrected chi connectivity index (χ3v) is 3.80. The summed E-state index contributed by atoms with van der Waals surface area (Å²) >= 11 is 3.46. The molecule has 1 atom stereocenters. The van der Waals surface area contributed by atoms with Gasteiger partial charge < -0.3 is 15.2 Å². The van der Waals surface area contributed by atoms with Crippen LogP contribution in [0.1, 0.15) is 44.2 Å². The van der Waals surface area contributed by atoms with Crippen molar-refractivity contribution in [1.82, 2.24) is 0 Å². The van der Waals surface area contributed by atoms with Crippen molar-refractivity contribution in [1.29, 1.82) is 0 Å². The van der Waals surface area contributed by atoms with E-state index in [0.29, 0.717) is 0 Å². The van der Waals surface area contributed by atoms with E-state index in [2.05, 4.69) is 22.9 Å². The van der Waals surface area contributed by atoms with Gasteiger partial charge in [0.2, 0.25) is 0 Å². The highest BCUT2D eigenvalue weighted by molar-refractivity contribution is 9.10. The first-order valence-electron chi connectivity index (χ1n) is 6.31. The molecule has 0 aromatic heterocycles. The first-order chi connectivity index (χ1) is 8.63. The highest BCUT2D eigenvalue weighted by Crippen LogP contribution is 2.37. The number of methoxy groups -OCH3 is 2. The first-order valence-corrected chi connectivity index (χ1v) is 7.10. The van der Waals surface area contributed by atoms with E-state index in [1.165, 1.54) is 12.8 Å². The maximum atomic E-state index is 6.21. The SMILES string of the molecule is CCCCC[C@@H](N)c1cc(OC)c(Br)c(OC)c1. The number of hydrogen-bond donors (Lipinski definition) is 1. The predicted octanol–water partition coefficient (Wildman–Crippen LogP) is 4.05. The summed E-state index contributed by atoms with van der Waals surface area (Å²) in [5.41, 5.74) is 7.26. The van der Waals surface area contributed by atoms with Gasteiger partial charge in [0.05, 0.1) is 14.2 Å². The molecular formula is C14H22BrNO2. The lowest BCUT2D eigenvalue weighted by Crippen LogP contribution is -2.10. The number of rotatable bonds is 7. The summed E-state index contributed by atoms with van der Waals surface area (Å²) in [6.45, 7) is 2.19. The quantitative estimate of drug-likeness (QED) is 0.772. The van der Waals surface area contributed by atoms with E-state index < -0.39 is 0 Å². The molecule has 0 radical (unpaired) electrons. The molecule has 0 fully saturated rings. The van der Waals surface area contributed by atoms with E-state index in [1.54, 1.807) is 14.2 Å². The Morgan fingerprint density at radius 1 is 1.17 bits per heavy atom. The molecule has 1 aromatic rings. The van der Waals surface area contributed by atoms with Crippen LogP contribution in [0.2, 0.25) is 0 Å². The molecule has 0 bridgehead atoms. The third-order valence-electron chi connectivity index (χ3n) is 3.01. The predicted molar refractivity (Wildman–Crippen MR) is 78.3 cm³/mol. The van der Waals surface area contributed by atoms with Crippen LogP contribution in [0.3, 0.4) is 0 Å². The summed E-state index contributed by atoms with van der Waals surface area (Å²) < 4.78 is 11.5. The zero-order valence-electron chi connectivity index (χ0n) is 11.3. The van der Waals surface area contributed by atoms with E-state index in [4.69, 9.17) is 15.2 Å². The lowest BCUT2D eigenvalue weighted by atomic mass is 10.0. The van der Waals surface area contributed by atoms with Gasteiger partial charge >= 0.3 is 0 Å². The Balaban J connectivity index is 2.87. The molecule has 102 valence electrons. The van der Waals surface area contributed by atoms with Crippen molar-refractivity contribution in [3.63, 3.8) is 0 Å². The minimum absolute atomic E-state index is 0.0347. The van der Waals surface area contributed by atoms with Gasteiger partial charge in [0.25, 0.3) is 0 Å². The number of unbranched alkanes of at least 4 members (excludes halogenated alkanes) is 2. The Morgan fingerprint density at radius 2 is 1.72 bits per heavy atom. The molecule has 0 spiro atoms. The average molecular weight is 316 g/mol. The Morgan fingerprint density at radius 3 is 2.17 bits per heavy atom. The van der Waals surface area contributed by atoms with Gasteiger partial charge in [-0.3, -0.25) is 0 Å². The monoisotopic (exact) mass is 315 g/mol. The molecule has 1 rings (SSSR count). The highest BCUT2D eigenvalue weighted by atomic mass is 79.9. The lowest BCUT2D eigenvalue weighted by Gasteiger charge is -2.16. The number of halogens is 1. The second kappa shape index (κ2) is 7.64. The van der Waals surface area contributed by atoms with Gasteiger partial charge in [-0.15, -0.1) is 0 Å². The molecule has 4 heteroatoms. The summed E-state index contributed by atoms with van der Waals surface area (Å²) in [5.74, 6) is 1.52. The van der Waals surface area contributed by atoms with Crippen molar-refractivity contribution < 1.29 is 9.47 Å². The second-order valence-corrected chi connectivity index (χ2v) is 5.13. The summed E-state index contributed by atoms with van der Waals surface area (Å²) in [6, 6.07) is 3.99.